The predicted octanol–water partition coefficient (Wildman–Crippen LogP) is 1.26. The molecule has 0 aliphatic heterocycles. The van der Waals surface area contributed by atoms with Gasteiger partial charge in [0.05, 0.1) is 18.4 Å². The molecule has 2 aromatic heterocycles. The Kier molecular flexibility index (Phi) is 6.64. The summed E-state index contributed by atoms with van der Waals surface area (Å²) >= 11 is 0. The fraction of sp³-hybridized carbons (Fsp3) is 0.235. The van der Waals surface area contributed by atoms with E-state index in [1.807, 2.05) is 0 Å². The summed E-state index contributed by atoms with van der Waals surface area (Å²) in [7, 11) is 5.11. The number of urea groups is 1. The first-order valence-corrected chi connectivity index (χ1v) is 8.02. The van der Waals surface area contributed by atoms with E-state index in [1.54, 1.807) is 56.6 Å². The van der Waals surface area contributed by atoms with Crippen molar-refractivity contribution in [2.75, 3.05) is 30.9 Å². The zero-order chi connectivity index (χ0) is 19.8. The van der Waals surface area contributed by atoms with E-state index in [0.717, 1.165) is 5.69 Å². The van der Waals surface area contributed by atoms with Crippen molar-refractivity contribution in [1.82, 2.24) is 30.0 Å². The highest BCUT2D eigenvalue weighted by Crippen LogP contribution is 2.18. The molecule has 3 amide bonds. The van der Waals surface area contributed by atoms with E-state index in [0.29, 0.717) is 23.7 Å². The molecule has 2 heterocycles. The Morgan fingerprint density at radius 2 is 2.19 bits per heavy atom. The lowest BCUT2D eigenvalue weighted by Crippen LogP contribution is -2.40. The Morgan fingerprint density at radius 1 is 1.41 bits per heavy atom. The van der Waals surface area contributed by atoms with Crippen LogP contribution in [-0.4, -0.2) is 57.7 Å². The molecule has 0 bridgehead atoms. The molecule has 0 saturated heterocycles. The van der Waals surface area contributed by atoms with E-state index in [-0.39, 0.29) is 12.6 Å². The molecule has 10 heteroatoms. The van der Waals surface area contributed by atoms with E-state index in [9.17, 15) is 9.59 Å². The average Bonchev–Trinajstić information content (AvgIpc) is 3.04. The topological polar surface area (TPSA) is 108 Å². The third-order valence-electron chi connectivity index (χ3n) is 3.34. The van der Waals surface area contributed by atoms with Gasteiger partial charge < -0.3 is 15.5 Å². The first-order chi connectivity index (χ1) is 12.9. The van der Waals surface area contributed by atoms with Crippen molar-refractivity contribution >= 4 is 29.9 Å². The molecule has 0 unspecified atom stereocenters. The highest BCUT2D eigenvalue weighted by molar-refractivity contribution is 5.91. The van der Waals surface area contributed by atoms with Gasteiger partial charge in [-0.15, -0.1) is 0 Å². The number of hydrogen-bond donors (Lipinski definition) is 2. The molecule has 2 N–H and O–H groups in total. The van der Waals surface area contributed by atoms with Crippen molar-refractivity contribution in [2.24, 2.45) is 7.05 Å². The lowest BCUT2D eigenvalue weighted by Gasteiger charge is -2.25. The molecule has 0 saturated carbocycles. The minimum atomic E-state index is -0.265. The summed E-state index contributed by atoms with van der Waals surface area (Å²) in [4.78, 5) is 34.4. The number of nitrogens with zero attached hydrogens (tertiary/aromatic N) is 6. The van der Waals surface area contributed by atoms with Gasteiger partial charge in [0.2, 0.25) is 12.4 Å². The molecule has 2 aromatic rings. The van der Waals surface area contributed by atoms with Crippen LogP contribution in [0.5, 0.6) is 0 Å². The van der Waals surface area contributed by atoms with Crippen molar-refractivity contribution in [3.8, 4) is 0 Å². The minimum absolute atomic E-state index is 0.192. The molecule has 2 rings (SSSR count). The van der Waals surface area contributed by atoms with Gasteiger partial charge in [-0.2, -0.15) is 10.1 Å². The summed E-state index contributed by atoms with van der Waals surface area (Å²) in [6.07, 6.45) is 8.59. The van der Waals surface area contributed by atoms with Gasteiger partial charge in [0.25, 0.3) is 0 Å². The zero-order valence-electron chi connectivity index (χ0n) is 15.5. The number of anilines is 3. The van der Waals surface area contributed by atoms with Crippen LogP contribution in [0.15, 0.2) is 49.1 Å². The molecule has 0 fully saturated rings. The van der Waals surface area contributed by atoms with Crippen LogP contribution in [0, 0.1) is 0 Å². The van der Waals surface area contributed by atoms with Crippen molar-refractivity contribution in [2.45, 2.75) is 0 Å². The molecule has 142 valence electrons. The van der Waals surface area contributed by atoms with Gasteiger partial charge in [-0.25, -0.2) is 9.78 Å². The Bertz CT molecular complexity index is 843. The second-order valence-corrected chi connectivity index (χ2v) is 5.81. The molecule has 0 aliphatic rings. The number of aryl methyl sites for hydroxylation is 1. The third kappa shape index (κ3) is 5.66. The predicted molar refractivity (Wildman–Crippen MR) is 102 cm³/mol. The first kappa shape index (κ1) is 19.6. The second kappa shape index (κ2) is 9.13. The van der Waals surface area contributed by atoms with E-state index in [1.165, 1.54) is 16.0 Å². The van der Waals surface area contributed by atoms with Crippen LogP contribution in [0.1, 0.15) is 0 Å². The summed E-state index contributed by atoms with van der Waals surface area (Å²) in [5.41, 5.74) is 1.34. The fourth-order valence-corrected chi connectivity index (χ4v) is 2.12. The Labute approximate surface area is 157 Å². The summed E-state index contributed by atoms with van der Waals surface area (Å²) in [6, 6.07) is 1.37. The molecule has 10 nitrogen and oxygen atoms in total. The molecular formula is C17H22N8O2. The van der Waals surface area contributed by atoms with Crippen molar-refractivity contribution in [3.05, 3.63) is 49.1 Å². The lowest BCUT2D eigenvalue weighted by atomic mass is 10.2. The largest absolute Gasteiger partial charge is 0.335 e. The molecular weight excluding hydrogens is 348 g/mol. The van der Waals surface area contributed by atoms with Crippen LogP contribution in [0.3, 0.4) is 0 Å². The number of hydrogen-bond acceptors (Lipinski definition) is 6. The highest BCUT2D eigenvalue weighted by atomic mass is 16.2. The standard InChI is InChI=1S/C17H22N8O2/c1-13(5-7-18-12-26)10-25(17(27)23(2)3)15-6-8-19-16(22-15)21-14-9-20-24(4)11-14/h5-9,11-12H,1,10H2,2-4H3,(H,18,26)(H,19,21,22)/b7-5+. The van der Waals surface area contributed by atoms with Crippen molar-refractivity contribution < 1.29 is 9.59 Å². The molecule has 0 aliphatic carbocycles. The average molecular weight is 370 g/mol. The summed E-state index contributed by atoms with van der Waals surface area (Å²) in [5, 5.41) is 9.52. The monoisotopic (exact) mass is 370 g/mol. The molecule has 0 spiro atoms. The van der Waals surface area contributed by atoms with Crippen molar-refractivity contribution in [1.29, 1.82) is 0 Å². The Balaban J connectivity index is 2.23. The molecule has 0 aromatic carbocycles. The summed E-state index contributed by atoms with van der Waals surface area (Å²) in [6.45, 7) is 4.09. The number of nitrogens with one attached hydrogen (secondary N) is 2. The SMILES string of the molecule is C=C(/C=C/NC=O)CN(C(=O)N(C)C)c1ccnc(Nc2cnn(C)c2)n1. The van der Waals surface area contributed by atoms with Crippen LogP contribution in [0.2, 0.25) is 0 Å². The maximum atomic E-state index is 12.6. The van der Waals surface area contributed by atoms with E-state index in [2.05, 4.69) is 32.3 Å². The zero-order valence-corrected chi connectivity index (χ0v) is 15.5. The van der Waals surface area contributed by atoms with E-state index < -0.39 is 0 Å². The van der Waals surface area contributed by atoms with Gasteiger partial charge in [0.15, 0.2) is 0 Å². The third-order valence-corrected chi connectivity index (χ3v) is 3.34. The van der Waals surface area contributed by atoms with Crippen LogP contribution >= 0.6 is 0 Å². The van der Waals surface area contributed by atoms with E-state index in [4.69, 9.17) is 0 Å². The van der Waals surface area contributed by atoms with Gasteiger partial charge in [0, 0.05) is 39.7 Å². The van der Waals surface area contributed by atoms with Gasteiger partial charge >= 0.3 is 6.03 Å². The Morgan fingerprint density at radius 3 is 2.81 bits per heavy atom. The maximum Gasteiger partial charge on any atom is 0.325 e. The smallest absolute Gasteiger partial charge is 0.325 e. The van der Waals surface area contributed by atoms with Gasteiger partial charge in [-0.3, -0.25) is 14.4 Å². The minimum Gasteiger partial charge on any atom is -0.335 e. The van der Waals surface area contributed by atoms with E-state index >= 15 is 0 Å². The molecule has 0 atom stereocenters. The van der Waals surface area contributed by atoms with Crippen LogP contribution in [0.25, 0.3) is 0 Å². The normalized spacial score (nSPS) is 10.5. The fourth-order valence-electron chi connectivity index (χ4n) is 2.12. The summed E-state index contributed by atoms with van der Waals surface area (Å²) in [5.74, 6) is 0.744. The number of rotatable bonds is 8. The number of aromatic nitrogens is 4. The Hall–Kier alpha value is -3.69. The lowest BCUT2D eigenvalue weighted by molar-refractivity contribution is -0.108. The van der Waals surface area contributed by atoms with Gasteiger partial charge in [0.1, 0.15) is 5.82 Å². The number of carbonyl (C=O) groups is 2. The maximum absolute atomic E-state index is 12.6. The second-order valence-electron chi connectivity index (χ2n) is 5.81. The van der Waals surface area contributed by atoms with Crippen LogP contribution < -0.4 is 15.5 Å². The number of carbonyl (C=O) groups excluding carboxylic acids is 2. The molecule has 0 radical (unpaired) electrons. The highest BCUT2D eigenvalue weighted by Gasteiger charge is 2.20. The number of amides is 3. The van der Waals surface area contributed by atoms with Gasteiger partial charge in [-0.1, -0.05) is 6.58 Å². The molecule has 27 heavy (non-hydrogen) atoms. The van der Waals surface area contributed by atoms with Crippen LogP contribution in [0.4, 0.5) is 22.2 Å². The van der Waals surface area contributed by atoms with Gasteiger partial charge in [-0.05, 0) is 17.7 Å². The first-order valence-electron chi connectivity index (χ1n) is 8.02. The van der Waals surface area contributed by atoms with Crippen molar-refractivity contribution in [3.63, 3.8) is 0 Å². The van der Waals surface area contributed by atoms with Crippen LogP contribution in [-0.2, 0) is 11.8 Å². The quantitative estimate of drug-likeness (QED) is 0.535. The summed E-state index contributed by atoms with van der Waals surface area (Å²) < 4.78 is 1.65.